The molecule has 106 valence electrons. The summed E-state index contributed by atoms with van der Waals surface area (Å²) in [6.45, 7) is 3.09. The zero-order chi connectivity index (χ0) is 13.1. The molecule has 1 fully saturated rings. The van der Waals surface area contributed by atoms with Crippen molar-refractivity contribution in [2.45, 2.75) is 0 Å². The number of nitrogens with one attached hydrogen (secondary N) is 1. The number of hydrogen-bond acceptors (Lipinski definition) is 4. The maximum atomic E-state index is 12.2. The van der Waals surface area contributed by atoms with Crippen molar-refractivity contribution >= 4 is 18.3 Å². The standard InChI is InChI=1S/C14H15N3O2.ClH/c18-14(17-8-6-15-7-9-17)12-10-13(19-16-12)11-4-2-1-3-5-11;/h1-5,10,15H,6-9H2;1H. The van der Waals surface area contributed by atoms with E-state index in [0.717, 1.165) is 18.7 Å². The number of carbonyl (C=O) groups excluding carboxylic acids is 1. The van der Waals surface area contributed by atoms with Gasteiger partial charge in [0.2, 0.25) is 0 Å². The molecule has 0 aliphatic carbocycles. The highest BCUT2D eigenvalue weighted by molar-refractivity contribution is 5.93. The van der Waals surface area contributed by atoms with E-state index in [1.807, 2.05) is 30.3 Å². The number of rotatable bonds is 2. The summed E-state index contributed by atoms with van der Waals surface area (Å²) in [5.74, 6) is 0.562. The van der Waals surface area contributed by atoms with E-state index in [9.17, 15) is 4.79 Å². The van der Waals surface area contributed by atoms with Crippen LogP contribution in [0.2, 0.25) is 0 Å². The molecule has 0 atom stereocenters. The smallest absolute Gasteiger partial charge is 0.276 e. The van der Waals surface area contributed by atoms with Crippen LogP contribution in [-0.4, -0.2) is 42.1 Å². The molecule has 0 unspecified atom stereocenters. The van der Waals surface area contributed by atoms with E-state index in [2.05, 4.69) is 10.5 Å². The van der Waals surface area contributed by atoms with E-state index in [0.29, 0.717) is 24.5 Å². The van der Waals surface area contributed by atoms with Gasteiger partial charge < -0.3 is 14.7 Å². The van der Waals surface area contributed by atoms with Crippen molar-refractivity contribution in [1.29, 1.82) is 0 Å². The van der Waals surface area contributed by atoms with Gasteiger partial charge in [0.05, 0.1) is 0 Å². The molecule has 0 radical (unpaired) electrons. The van der Waals surface area contributed by atoms with Crippen molar-refractivity contribution in [2.24, 2.45) is 0 Å². The molecule has 0 saturated carbocycles. The zero-order valence-corrected chi connectivity index (χ0v) is 11.7. The van der Waals surface area contributed by atoms with E-state index in [1.165, 1.54) is 0 Å². The first-order valence-corrected chi connectivity index (χ1v) is 6.37. The van der Waals surface area contributed by atoms with Gasteiger partial charge >= 0.3 is 0 Å². The minimum atomic E-state index is -0.0626. The maximum absolute atomic E-state index is 12.2. The molecule has 2 heterocycles. The van der Waals surface area contributed by atoms with Gasteiger partial charge in [-0.05, 0) is 0 Å². The molecular weight excluding hydrogens is 278 g/mol. The van der Waals surface area contributed by atoms with Gasteiger partial charge in [-0.3, -0.25) is 4.79 Å². The van der Waals surface area contributed by atoms with Crippen molar-refractivity contribution in [3.8, 4) is 11.3 Å². The van der Waals surface area contributed by atoms with Crippen LogP contribution in [-0.2, 0) is 0 Å². The average molecular weight is 294 g/mol. The lowest BCUT2D eigenvalue weighted by molar-refractivity contribution is 0.0725. The predicted octanol–water partition coefficient (Wildman–Crippen LogP) is 1.81. The predicted molar refractivity (Wildman–Crippen MR) is 78.0 cm³/mol. The molecule has 0 bridgehead atoms. The molecule has 6 heteroatoms. The topological polar surface area (TPSA) is 58.4 Å². The largest absolute Gasteiger partial charge is 0.355 e. The molecular formula is C14H16ClN3O2. The Morgan fingerprint density at radius 3 is 2.60 bits per heavy atom. The second-order valence-electron chi connectivity index (χ2n) is 4.48. The number of piperazine rings is 1. The highest BCUT2D eigenvalue weighted by Crippen LogP contribution is 2.20. The maximum Gasteiger partial charge on any atom is 0.276 e. The van der Waals surface area contributed by atoms with Crippen molar-refractivity contribution in [1.82, 2.24) is 15.4 Å². The molecule has 1 saturated heterocycles. The lowest BCUT2D eigenvalue weighted by atomic mass is 10.1. The van der Waals surface area contributed by atoms with Crippen molar-refractivity contribution in [3.63, 3.8) is 0 Å². The Kier molecular flexibility index (Phi) is 4.76. The number of nitrogens with zero attached hydrogens (tertiary/aromatic N) is 2. The monoisotopic (exact) mass is 293 g/mol. The highest BCUT2D eigenvalue weighted by atomic mass is 35.5. The number of amides is 1. The van der Waals surface area contributed by atoms with Crippen molar-refractivity contribution in [3.05, 3.63) is 42.1 Å². The molecule has 3 rings (SSSR count). The summed E-state index contributed by atoms with van der Waals surface area (Å²) in [4.78, 5) is 14.0. The van der Waals surface area contributed by atoms with Gasteiger partial charge in [0, 0.05) is 37.8 Å². The summed E-state index contributed by atoms with van der Waals surface area (Å²) >= 11 is 0. The first-order chi connectivity index (χ1) is 9.34. The lowest BCUT2D eigenvalue weighted by Crippen LogP contribution is -2.46. The summed E-state index contributed by atoms with van der Waals surface area (Å²) in [5.41, 5.74) is 1.30. The molecule has 0 spiro atoms. The Bertz CT molecular complexity index is 565. The van der Waals surface area contributed by atoms with E-state index < -0.39 is 0 Å². The fourth-order valence-corrected chi connectivity index (χ4v) is 2.14. The van der Waals surface area contributed by atoms with E-state index in [1.54, 1.807) is 11.0 Å². The number of benzene rings is 1. The van der Waals surface area contributed by atoms with Gasteiger partial charge in [-0.1, -0.05) is 35.5 Å². The van der Waals surface area contributed by atoms with Gasteiger partial charge in [0.25, 0.3) is 5.91 Å². The van der Waals surface area contributed by atoms with Gasteiger partial charge in [0.1, 0.15) is 0 Å². The number of aromatic nitrogens is 1. The lowest BCUT2D eigenvalue weighted by Gasteiger charge is -2.26. The molecule has 1 aliphatic rings. The van der Waals surface area contributed by atoms with Crippen LogP contribution in [0.1, 0.15) is 10.5 Å². The van der Waals surface area contributed by atoms with Gasteiger partial charge in [-0.25, -0.2) is 0 Å². The molecule has 20 heavy (non-hydrogen) atoms. The van der Waals surface area contributed by atoms with Crippen LogP contribution in [0.4, 0.5) is 0 Å². The highest BCUT2D eigenvalue weighted by Gasteiger charge is 2.21. The van der Waals surface area contributed by atoms with Gasteiger partial charge in [-0.2, -0.15) is 0 Å². The minimum absolute atomic E-state index is 0. The number of halogens is 1. The number of hydrogen-bond donors (Lipinski definition) is 1. The van der Waals surface area contributed by atoms with Crippen LogP contribution in [0.15, 0.2) is 40.9 Å². The van der Waals surface area contributed by atoms with Crippen LogP contribution in [0.25, 0.3) is 11.3 Å². The third-order valence-electron chi connectivity index (χ3n) is 3.19. The second kappa shape index (κ2) is 6.54. The quantitative estimate of drug-likeness (QED) is 0.917. The Hall–Kier alpha value is -1.85. The summed E-state index contributed by atoms with van der Waals surface area (Å²) in [5, 5.41) is 7.10. The summed E-state index contributed by atoms with van der Waals surface area (Å²) in [6.07, 6.45) is 0. The Labute approximate surface area is 123 Å². The SMILES string of the molecule is Cl.O=C(c1cc(-c2ccccc2)on1)N1CCNCC1. The third kappa shape index (κ3) is 3.00. The van der Waals surface area contributed by atoms with Crippen molar-refractivity contribution < 1.29 is 9.32 Å². The molecule has 1 N–H and O–H groups in total. The van der Waals surface area contributed by atoms with Crippen LogP contribution >= 0.6 is 12.4 Å². The summed E-state index contributed by atoms with van der Waals surface area (Å²) in [6, 6.07) is 11.4. The third-order valence-corrected chi connectivity index (χ3v) is 3.19. The van der Waals surface area contributed by atoms with Crippen LogP contribution in [0.5, 0.6) is 0 Å². The van der Waals surface area contributed by atoms with Gasteiger partial charge in [0.15, 0.2) is 11.5 Å². The van der Waals surface area contributed by atoms with E-state index in [-0.39, 0.29) is 18.3 Å². The molecule has 5 nitrogen and oxygen atoms in total. The van der Waals surface area contributed by atoms with E-state index in [4.69, 9.17) is 4.52 Å². The average Bonchev–Trinajstić information content (AvgIpc) is 2.98. The molecule has 1 aromatic carbocycles. The molecule has 1 amide bonds. The molecule has 2 aromatic rings. The van der Waals surface area contributed by atoms with Crippen LogP contribution < -0.4 is 5.32 Å². The Balaban J connectivity index is 0.00000147. The first-order valence-electron chi connectivity index (χ1n) is 6.37. The zero-order valence-electron chi connectivity index (χ0n) is 10.9. The normalized spacial score (nSPS) is 14.7. The van der Waals surface area contributed by atoms with E-state index >= 15 is 0 Å². The molecule has 1 aliphatic heterocycles. The summed E-state index contributed by atoms with van der Waals surface area (Å²) in [7, 11) is 0. The second-order valence-corrected chi connectivity index (χ2v) is 4.48. The van der Waals surface area contributed by atoms with Gasteiger partial charge in [-0.15, -0.1) is 12.4 Å². The Morgan fingerprint density at radius 2 is 1.90 bits per heavy atom. The molecule has 1 aromatic heterocycles. The number of carbonyl (C=O) groups is 1. The fourth-order valence-electron chi connectivity index (χ4n) is 2.14. The fraction of sp³-hybridized carbons (Fsp3) is 0.286. The Morgan fingerprint density at radius 1 is 1.20 bits per heavy atom. The van der Waals surface area contributed by atoms with Crippen LogP contribution in [0, 0.1) is 0 Å². The van der Waals surface area contributed by atoms with Crippen molar-refractivity contribution in [2.75, 3.05) is 26.2 Å². The first kappa shape index (κ1) is 14.6. The minimum Gasteiger partial charge on any atom is -0.355 e. The van der Waals surface area contributed by atoms with Crippen LogP contribution in [0.3, 0.4) is 0 Å². The summed E-state index contributed by atoms with van der Waals surface area (Å²) < 4.78 is 5.25.